The molecule has 0 bridgehead atoms. The van der Waals surface area contributed by atoms with Gasteiger partial charge in [0.1, 0.15) is 0 Å². The molecule has 0 aliphatic heterocycles. The summed E-state index contributed by atoms with van der Waals surface area (Å²) in [6.07, 6.45) is 1.20. The van der Waals surface area contributed by atoms with Gasteiger partial charge in [-0.2, -0.15) is 0 Å². The molecule has 2 nitrogen and oxygen atoms in total. The molecular weight excluding hydrogens is 100 g/mol. The van der Waals surface area contributed by atoms with Crippen molar-refractivity contribution in [1.29, 1.82) is 0 Å². The summed E-state index contributed by atoms with van der Waals surface area (Å²) in [5, 5.41) is 2.09. The van der Waals surface area contributed by atoms with E-state index in [-0.39, 0.29) is 0 Å². The van der Waals surface area contributed by atoms with Crippen molar-refractivity contribution in [3.8, 4) is 0 Å². The summed E-state index contributed by atoms with van der Waals surface area (Å²) in [5.41, 5.74) is 3.22. The molecule has 0 saturated carbocycles. The van der Waals surface area contributed by atoms with E-state index in [2.05, 4.69) is 31.3 Å². The molecule has 0 heterocycles. The van der Waals surface area contributed by atoms with Crippen LogP contribution in [0.5, 0.6) is 0 Å². The minimum absolute atomic E-state index is 1.07. The van der Waals surface area contributed by atoms with E-state index in [1.807, 2.05) is 0 Å². The Morgan fingerprint density at radius 2 is 2.00 bits per heavy atom. The van der Waals surface area contributed by atoms with Crippen molar-refractivity contribution in [2.24, 2.45) is 0 Å². The maximum absolute atomic E-state index is 3.22. The molecule has 0 aromatic carbocycles. The second-order valence-corrected chi connectivity index (χ2v) is 1.92. The van der Waals surface area contributed by atoms with Crippen LogP contribution in [0.25, 0.3) is 0 Å². The van der Waals surface area contributed by atoms with E-state index >= 15 is 0 Å². The number of hydrazine groups is 1. The highest BCUT2D eigenvalue weighted by atomic mass is 15.5. The van der Waals surface area contributed by atoms with Gasteiger partial charge in [-0.3, -0.25) is 5.43 Å². The third-order valence-corrected chi connectivity index (χ3v) is 1.11. The van der Waals surface area contributed by atoms with Gasteiger partial charge in [-0.25, -0.2) is 5.01 Å². The van der Waals surface area contributed by atoms with Gasteiger partial charge >= 0.3 is 0 Å². The number of nitrogens with one attached hydrogen (secondary N) is 1. The third-order valence-electron chi connectivity index (χ3n) is 1.11. The van der Waals surface area contributed by atoms with Gasteiger partial charge in [0, 0.05) is 20.1 Å². The fourth-order valence-corrected chi connectivity index (χ4v) is 0.414. The molecule has 0 amide bonds. The van der Waals surface area contributed by atoms with Crippen LogP contribution in [-0.2, 0) is 0 Å². The molecule has 0 aromatic heterocycles. The van der Waals surface area contributed by atoms with Crippen LogP contribution in [0.15, 0.2) is 0 Å². The van der Waals surface area contributed by atoms with Crippen LogP contribution in [0, 0.1) is 0 Å². The van der Waals surface area contributed by atoms with E-state index < -0.39 is 0 Å². The van der Waals surface area contributed by atoms with Gasteiger partial charge in [-0.1, -0.05) is 13.8 Å². The number of hydrogen-bond acceptors (Lipinski definition) is 2. The Morgan fingerprint density at radius 3 is 2.38 bits per heavy atom. The predicted octanol–water partition coefficient (Wildman–Crippen LogP) is 0.853. The number of nitrogens with zero attached hydrogens (tertiary/aromatic N) is 1. The van der Waals surface area contributed by atoms with Crippen LogP contribution in [0.1, 0.15) is 20.3 Å². The smallest absolute Gasteiger partial charge is 0.00994 e. The fraction of sp³-hybridized carbons (Fsp3) is 1.00. The van der Waals surface area contributed by atoms with Crippen LogP contribution in [0.2, 0.25) is 0 Å². The predicted molar refractivity (Wildman–Crippen MR) is 36.6 cm³/mol. The average Bonchev–Trinajstić information content (AvgIpc) is 1.83. The molecule has 0 atom stereocenters. The lowest BCUT2D eigenvalue weighted by atomic mass is 10.5. The molecule has 0 radical (unpaired) electrons. The summed E-state index contributed by atoms with van der Waals surface area (Å²) in [6.45, 7) is 6.45. The average molecular weight is 116 g/mol. The first-order chi connectivity index (χ1) is 3.81. The van der Waals surface area contributed by atoms with Gasteiger partial charge in [0.2, 0.25) is 0 Å². The largest absolute Gasteiger partial charge is 0.255 e. The Labute approximate surface area is 51.8 Å². The molecule has 0 spiro atoms. The van der Waals surface area contributed by atoms with Crippen LogP contribution in [-0.4, -0.2) is 25.1 Å². The van der Waals surface area contributed by atoms with Crippen LogP contribution in [0.4, 0.5) is 0 Å². The van der Waals surface area contributed by atoms with Crippen molar-refractivity contribution in [2.45, 2.75) is 20.3 Å². The van der Waals surface area contributed by atoms with Gasteiger partial charge in [-0.05, 0) is 6.42 Å². The number of rotatable bonds is 4. The molecule has 50 valence electrons. The van der Waals surface area contributed by atoms with E-state index in [0.29, 0.717) is 0 Å². The lowest BCUT2D eigenvalue weighted by Crippen LogP contribution is -2.34. The van der Waals surface area contributed by atoms with Crippen molar-refractivity contribution in [3.05, 3.63) is 0 Å². The van der Waals surface area contributed by atoms with Crippen molar-refractivity contribution in [1.82, 2.24) is 10.4 Å². The van der Waals surface area contributed by atoms with E-state index in [0.717, 1.165) is 13.1 Å². The topological polar surface area (TPSA) is 15.3 Å². The van der Waals surface area contributed by atoms with E-state index in [4.69, 9.17) is 0 Å². The molecule has 2 heteroatoms. The standard InChI is InChI=1S/C6H16N2/c1-4-6-7-8(3)5-2/h7H,4-6H2,1-3H3. The van der Waals surface area contributed by atoms with Gasteiger partial charge in [0.15, 0.2) is 0 Å². The maximum Gasteiger partial charge on any atom is 0.00994 e. The Hall–Kier alpha value is -0.0800. The Morgan fingerprint density at radius 1 is 1.38 bits per heavy atom. The van der Waals surface area contributed by atoms with E-state index in [1.165, 1.54) is 6.42 Å². The van der Waals surface area contributed by atoms with Gasteiger partial charge in [0.25, 0.3) is 0 Å². The molecule has 0 aromatic rings. The normalized spacial score (nSPS) is 10.5. The van der Waals surface area contributed by atoms with Gasteiger partial charge in [-0.15, -0.1) is 0 Å². The van der Waals surface area contributed by atoms with Crippen molar-refractivity contribution in [2.75, 3.05) is 20.1 Å². The van der Waals surface area contributed by atoms with Gasteiger partial charge < -0.3 is 0 Å². The highest BCUT2D eigenvalue weighted by Crippen LogP contribution is 1.73. The molecular formula is C6H16N2. The van der Waals surface area contributed by atoms with Crippen molar-refractivity contribution < 1.29 is 0 Å². The lowest BCUT2D eigenvalue weighted by molar-refractivity contribution is 0.248. The lowest BCUT2D eigenvalue weighted by Gasteiger charge is -2.13. The first-order valence-corrected chi connectivity index (χ1v) is 3.25. The quantitative estimate of drug-likeness (QED) is 0.548. The zero-order chi connectivity index (χ0) is 6.41. The first kappa shape index (κ1) is 7.92. The number of hydrogen-bond donors (Lipinski definition) is 1. The molecule has 0 saturated heterocycles. The second kappa shape index (κ2) is 5.06. The summed E-state index contributed by atoms with van der Waals surface area (Å²) in [6, 6.07) is 0. The minimum Gasteiger partial charge on any atom is -0.255 e. The summed E-state index contributed by atoms with van der Waals surface area (Å²) >= 11 is 0. The monoisotopic (exact) mass is 116 g/mol. The highest BCUT2D eigenvalue weighted by Gasteiger charge is 1.86. The van der Waals surface area contributed by atoms with Gasteiger partial charge in [0.05, 0.1) is 0 Å². The first-order valence-electron chi connectivity index (χ1n) is 3.25. The maximum atomic E-state index is 3.22. The molecule has 0 unspecified atom stereocenters. The van der Waals surface area contributed by atoms with Crippen LogP contribution in [0.3, 0.4) is 0 Å². The van der Waals surface area contributed by atoms with Crippen LogP contribution >= 0.6 is 0 Å². The minimum atomic E-state index is 1.07. The fourth-order valence-electron chi connectivity index (χ4n) is 0.414. The van der Waals surface area contributed by atoms with E-state index in [1.54, 1.807) is 0 Å². The SMILES string of the molecule is CCCNN(C)CC. The zero-order valence-corrected chi connectivity index (χ0v) is 6.07. The Kier molecular flexibility index (Phi) is 5.01. The summed E-state index contributed by atoms with van der Waals surface area (Å²) in [4.78, 5) is 0. The molecule has 0 aliphatic carbocycles. The molecule has 0 aliphatic rings. The van der Waals surface area contributed by atoms with Crippen molar-refractivity contribution >= 4 is 0 Å². The summed E-state index contributed by atoms with van der Waals surface area (Å²) < 4.78 is 0. The second-order valence-electron chi connectivity index (χ2n) is 1.92. The van der Waals surface area contributed by atoms with E-state index in [9.17, 15) is 0 Å². The molecule has 1 N–H and O–H groups in total. The Balaban J connectivity index is 2.86. The Bertz CT molecular complexity index is 45.8. The zero-order valence-electron chi connectivity index (χ0n) is 6.07. The molecule has 8 heavy (non-hydrogen) atoms. The highest BCUT2D eigenvalue weighted by molar-refractivity contribution is 4.37. The van der Waals surface area contributed by atoms with Crippen LogP contribution < -0.4 is 5.43 Å². The van der Waals surface area contributed by atoms with Crippen molar-refractivity contribution in [3.63, 3.8) is 0 Å². The summed E-state index contributed by atoms with van der Waals surface area (Å²) in [5.74, 6) is 0. The summed E-state index contributed by atoms with van der Waals surface area (Å²) in [7, 11) is 2.05. The molecule has 0 rings (SSSR count). The molecule has 0 fully saturated rings. The third kappa shape index (κ3) is 4.09.